The zero-order valence-electron chi connectivity index (χ0n) is 17.3. The van der Waals surface area contributed by atoms with Crippen LogP contribution >= 0.6 is 0 Å². The number of nitrogens with zero attached hydrogens (tertiary/aromatic N) is 1. The number of hydrogen-bond acceptors (Lipinski definition) is 8. The number of aliphatic hydroxyl groups excluding tert-OH is 2. The topological polar surface area (TPSA) is 157 Å². The number of halogens is 1. The van der Waals surface area contributed by atoms with Crippen molar-refractivity contribution in [2.45, 2.75) is 44.2 Å². The van der Waals surface area contributed by atoms with Crippen LogP contribution in [0.15, 0.2) is 15.8 Å². The SMILES string of the molecule is [2H]C([2H])(OC(=O)[C@@H](N)C(C)C)[C@@]1(F)O[C@@]([2H])(n2cc(C#C)c(=O)[nH]c2=O)[C@H](O)[C@@H]1O. The van der Waals surface area contributed by atoms with Crippen LogP contribution in [-0.2, 0) is 14.3 Å². The maximum absolute atomic E-state index is 15.5. The van der Waals surface area contributed by atoms with Crippen LogP contribution in [0.4, 0.5) is 4.39 Å². The van der Waals surface area contributed by atoms with Gasteiger partial charge in [0.05, 0.1) is 4.11 Å². The predicted octanol–water partition coefficient (Wildman–Crippen LogP) is -2.04. The lowest BCUT2D eigenvalue weighted by Gasteiger charge is -2.24. The summed E-state index contributed by atoms with van der Waals surface area (Å²) in [6, 6.07) is -1.35. The monoisotopic (exact) mass is 388 g/mol. The summed E-state index contributed by atoms with van der Waals surface area (Å²) < 4.78 is 48.4. The Balaban J connectivity index is 2.52. The molecule has 11 heteroatoms. The molecule has 5 N–H and O–H groups in total. The standard InChI is InChI=1S/C16H20FN3O7/c1-4-8-5-20(15(25)19-12(8)23)13-10(21)11(22)16(17,27-13)6-26-14(24)9(18)7(2)3/h1,5,7,9-11,13,21-22H,6,18H2,2-3H3,(H,19,23,25)/t9-,10+,11-,13+,16+/m0/s1/i6D2,13D. The summed E-state index contributed by atoms with van der Waals surface area (Å²) in [5.74, 6) is -4.01. The smallest absolute Gasteiger partial charge is 0.330 e. The number of carbonyl (C=O) groups excluding carboxylic acids is 1. The number of hydrogen-bond donors (Lipinski definition) is 4. The molecule has 0 radical (unpaired) electrons. The minimum atomic E-state index is -4.01. The van der Waals surface area contributed by atoms with Crippen LogP contribution in [0.2, 0.25) is 0 Å². The van der Waals surface area contributed by atoms with Crippen LogP contribution in [0.25, 0.3) is 0 Å². The van der Waals surface area contributed by atoms with Crippen LogP contribution in [0, 0.1) is 18.3 Å². The Labute approximate surface area is 156 Å². The Kier molecular flexibility index (Phi) is 4.69. The first-order chi connectivity index (χ1) is 13.6. The second-order valence-electron chi connectivity index (χ2n) is 6.08. The van der Waals surface area contributed by atoms with Crippen LogP contribution in [-0.4, -0.2) is 56.4 Å². The molecule has 5 atom stereocenters. The lowest BCUT2D eigenvalue weighted by molar-refractivity contribution is -0.217. The van der Waals surface area contributed by atoms with E-state index in [-0.39, 0.29) is 4.57 Å². The molecule has 1 fully saturated rings. The van der Waals surface area contributed by atoms with Crippen molar-refractivity contribution in [1.82, 2.24) is 9.55 Å². The lowest BCUT2D eigenvalue weighted by Crippen LogP contribution is -2.46. The Morgan fingerprint density at radius 3 is 2.85 bits per heavy atom. The molecule has 0 amide bonds. The normalized spacial score (nSPS) is 33.6. The van der Waals surface area contributed by atoms with E-state index in [2.05, 4.69) is 9.47 Å². The Bertz CT molecular complexity index is 1010. The number of terminal acetylenes is 1. The molecule has 2 heterocycles. The van der Waals surface area contributed by atoms with Crippen LogP contribution in [0.5, 0.6) is 0 Å². The maximum atomic E-state index is 15.5. The molecule has 0 spiro atoms. The molecule has 27 heavy (non-hydrogen) atoms. The minimum Gasteiger partial charge on any atom is -0.458 e. The van der Waals surface area contributed by atoms with E-state index >= 15 is 4.39 Å². The van der Waals surface area contributed by atoms with Crippen molar-refractivity contribution < 1.29 is 33.0 Å². The number of aromatic amines is 1. The van der Waals surface area contributed by atoms with Gasteiger partial charge in [-0.05, 0) is 5.92 Å². The molecule has 0 unspecified atom stereocenters. The molecule has 1 saturated heterocycles. The molecule has 1 aromatic heterocycles. The van der Waals surface area contributed by atoms with Gasteiger partial charge in [-0.1, -0.05) is 19.8 Å². The van der Waals surface area contributed by atoms with Gasteiger partial charge in [-0.2, -0.15) is 0 Å². The molecule has 1 aliphatic rings. The van der Waals surface area contributed by atoms with Gasteiger partial charge in [-0.3, -0.25) is 19.1 Å². The largest absolute Gasteiger partial charge is 0.458 e. The first-order valence-corrected chi connectivity index (χ1v) is 7.69. The maximum Gasteiger partial charge on any atom is 0.330 e. The van der Waals surface area contributed by atoms with Gasteiger partial charge >= 0.3 is 11.7 Å². The van der Waals surface area contributed by atoms with Crippen molar-refractivity contribution in [3.63, 3.8) is 0 Å². The third kappa shape index (κ3) is 3.93. The number of esters is 1. The minimum absolute atomic E-state index is 0.163. The second kappa shape index (κ2) is 7.61. The fourth-order valence-electron chi connectivity index (χ4n) is 2.08. The van der Waals surface area contributed by atoms with Gasteiger partial charge in [0, 0.05) is 6.20 Å². The number of nitrogens with two attached hydrogens (primary N) is 1. The molecule has 10 nitrogen and oxygen atoms in total. The van der Waals surface area contributed by atoms with E-state index in [1.165, 1.54) is 13.8 Å². The van der Waals surface area contributed by atoms with Gasteiger partial charge in [0.1, 0.15) is 23.8 Å². The molecule has 0 aromatic carbocycles. The summed E-state index contributed by atoms with van der Waals surface area (Å²) in [6.45, 7) is -0.726. The summed E-state index contributed by atoms with van der Waals surface area (Å²) in [4.78, 5) is 37.4. The lowest BCUT2D eigenvalue weighted by atomic mass is 10.1. The van der Waals surface area contributed by atoms with Crippen LogP contribution < -0.4 is 17.0 Å². The zero-order valence-corrected chi connectivity index (χ0v) is 14.3. The number of aromatic nitrogens is 2. The van der Waals surface area contributed by atoms with Gasteiger partial charge < -0.3 is 25.4 Å². The molecule has 2 rings (SSSR count). The highest BCUT2D eigenvalue weighted by Crippen LogP contribution is 2.38. The molecule has 0 bridgehead atoms. The number of carbonyl (C=O) groups is 1. The molecule has 0 aliphatic carbocycles. The Hall–Kier alpha value is -2.52. The number of aliphatic hydroxyl groups is 2. The molecule has 1 aromatic rings. The van der Waals surface area contributed by atoms with Crippen molar-refractivity contribution in [3.05, 3.63) is 32.6 Å². The Morgan fingerprint density at radius 1 is 1.67 bits per heavy atom. The molecular weight excluding hydrogens is 365 g/mol. The fraction of sp³-hybridized carbons (Fsp3) is 0.562. The van der Waals surface area contributed by atoms with E-state index in [1.807, 2.05) is 5.92 Å². The summed E-state index contributed by atoms with van der Waals surface area (Å²) in [7, 11) is 0. The summed E-state index contributed by atoms with van der Waals surface area (Å²) in [5.41, 5.74) is 2.64. The number of nitrogens with one attached hydrogen (secondary N) is 1. The highest BCUT2D eigenvalue weighted by molar-refractivity contribution is 5.75. The quantitative estimate of drug-likeness (QED) is 0.332. The van der Waals surface area contributed by atoms with Gasteiger partial charge in [-0.15, -0.1) is 6.42 Å². The number of H-pyrrole nitrogens is 1. The van der Waals surface area contributed by atoms with Crippen molar-refractivity contribution in [2.24, 2.45) is 11.7 Å². The van der Waals surface area contributed by atoms with Crippen LogP contribution in [0.1, 0.15) is 29.7 Å². The third-order valence-electron chi connectivity index (χ3n) is 3.80. The summed E-state index contributed by atoms with van der Waals surface area (Å²) >= 11 is 0. The van der Waals surface area contributed by atoms with Crippen molar-refractivity contribution in [1.29, 1.82) is 0 Å². The zero-order chi connectivity index (χ0) is 23.2. The highest BCUT2D eigenvalue weighted by Gasteiger charge is 2.57. The predicted molar refractivity (Wildman–Crippen MR) is 89.0 cm³/mol. The van der Waals surface area contributed by atoms with Crippen molar-refractivity contribution in [2.75, 3.05) is 6.56 Å². The Morgan fingerprint density at radius 2 is 2.30 bits per heavy atom. The molecule has 0 saturated carbocycles. The van der Waals surface area contributed by atoms with E-state index < -0.39 is 65.6 Å². The van der Waals surface area contributed by atoms with E-state index in [0.29, 0.717) is 6.20 Å². The third-order valence-corrected chi connectivity index (χ3v) is 3.80. The average molecular weight is 388 g/mol. The van der Waals surface area contributed by atoms with Gasteiger partial charge in [0.15, 0.2) is 12.8 Å². The van der Waals surface area contributed by atoms with Crippen molar-refractivity contribution in [3.8, 4) is 12.3 Å². The fourth-order valence-corrected chi connectivity index (χ4v) is 2.08. The average Bonchev–Trinajstić information content (AvgIpc) is 2.82. The van der Waals surface area contributed by atoms with Crippen LogP contribution in [0.3, 0.4) is 0 Å². The van der Waals surface area contributed by atoms with Gasteiger partial charge in [0.25, 0.3) is 11.4 Å². The first-order valence-electron chi connectivity index (χ1n) is 9.19. The van der Waals surface area contributed by atoms with Crippen molar-refractivity contribution >= 4 is 5.97 Å². The van der Waals surface area contributed by atoms with E-state index in [9.17, 15) is 24.6 Å². The van der Waals surface area contributed by atoms with Gasteiger partial charge in [0.2, 0.25) is 0 Å². The van der Waals surface area contributed by atoms with Gasteiger partial charge in [-0.25, -0.2) is 9.18 Å². The summed E-state index contributed by atoms with van der Waals surface area (Å²) in [5, 5.41) is 20.3. The molecular formula is C16H20FN3O7. The highest BCUT2D eigenvalue weighted by atomic mass is 19.2. The number of alkyl halides is 1. The first kappa shape index (κ1) is 16.6. The second-order valence-corrected chi connectivity index (χ2v) is 6.08. The summed E-state index contributed by atoms with van der Waals surface area (Å²) in [6.07, 6.45) is -2.89. The van der Waals surface area contributed by atoms with E-state index in [1.54, 1.807) is 4.98 Å². The van der Waals surface area contributed by atoms with E-state index in [0.717, 1.165) is 0 Å². The number of ether oxygens (including phenoxy) is 2. The van der Waals surface area contributed by atoms with E-state index in [4.69, 9.17) is 16.3 Å². The molecule has 148 valence electrons. The molecule has 1 aliphatic heterocycles. The number of rotatable bonds is 5.